The first-order valence-corrected chi connectivity index (χ1v) is 7.28. The number of aliphatic carboxylic acids is 1. The molecule has 1 atom stereocenters. The Morgan fingerprint density at radius 3 is 2.82 bits per heavy atom. The Balaban J connectivity index is 2.37. The lowest BCUT2D eigenvalue weighted by molar-refractivity contribution is -0.137. The summed E-state index contributed by atoms with van der Waals surface area (Å²) in [4.78, 5) is 12.1. The van der Waals surface area contributed by atoms with E-state index in [0.29, 0.717) is 10.9 Å². The van der Waals surface area contributed by atoms with Crippen molar-refractivity contribution < 1.29 is 9.90 Å². The molecule has 4 heteroatoms. The largest absolute Gasteiger partial charge is 0.481 e. The highest BCUT2D eigenvalue weighted by Crippen LogP contribution is 2.48. The van der Waals surface area contributed by atoms with Gasteiger partial charge >= 0.3 is 5.97 Å². The quantitative estimate of drug-likeness (QED) is 0.821. The van der Waals surface area contributed by atoms with Gasteiger partial charge in [0.1, 0.15) is 0 Å². The number of benzene rings is 1. The van der Waals surface area contributed by atoms with Crippen molar-refractivity contribution in [2.24, 2.45) is 5.92 Å². The molecule has 2 nitrogen and oxygen atoms in total. The summed E-state index contributed by atoms with van der Waals surface area (Å²) in [7, 11) is 0. The second-order valence-corrected chi connectivity index (χ2v) is 5.65. The highest BCUT2D eigenvalue weighted by atomic mass is 35.5. The van der Waals surface area contributed by atoms with Crippen LogP contribution < -0.4 is 0 Å². The standard InChI is InChI=1S/C13H15ClO2S/c1-17-11-4-2-3-10(14)13(11)9(7-12(15)16)8-5-6-8/h2-4,8-9H,5-7H2,1H3,(H,15,16). The van der Waals surface area contributed by atoms with Gasteiger partial charge < -0.3 is 5.11 Å². The van der Waals surface area contributed by atoms with Gasteiger partial charge in [-0.2, -0.15) is 0 Å². The molecule has 1 aliphatic carbocycles. The van der Waals surface area contributed by atoms with Crippen LogP contribution in [-0.4, -0.2) is 17.3 Å². The summed E-state index contributed by atoms with van der Waals surface area (Å²) in [5.74, 6) is -0.172. The Morgan fingerprint density at radius 1 is 1.59 bits per heavy atom. The maximum atomic E-state index is 11.0. The van der Waals surface area contributed by atoms with Crippen LogP contribution >= 0.6 is 23.4 Å². The fourth-order valence-corrected chi connectivity index (χ4v) is 3.31. The Bertz CT molecular complexity index is 429. The third kappa shape index (κ3) is 2.96. The third-order valence-electron chi connectivity index (χ3n) is 3.19. The summed E-state index contributed by atoms with van der Waals surface area (Å²) < 4.78 is 0. The van der Waals surface area contributed by atoms with Crippen molar-refractivity contribution in [2.45, 2.75) is 30.1 Å². The lowest BCUT2D eigenvalue weighted by Gasteiger charge is -2.19. The molecule has 0 radical (unpaired) electrons. The van der Waals surface area contributed by atoms with E-state index in [1.54, 1.807) is 11.8 Å². The average molecular weight is 271 g/mol. The van der Waals surface area contributed by atoms with Crippen LogP contribution in [0.3, 0.4) is 0 Å². The van der Waals surface area contributed by atoms with Gasteiger partial charge in [0.15, 0.2) is 0 Å². The molecular formula is C13H15ClO2S. The van der Waals surface area contributed by atoms with Crippen molar-refractivity contribution in [3.05, 3.63) is 28.8 Å². The zero-order chi connectivity index (χ0) is 12.4. The normalized spacial score (nSPS) is 16.8. The van der Waals surface area contributed by atoms with E-state index in [0.717, 1.165) is 23.3 Å². The summed E-state index contributed by atoms with van der Waals surface area (Å²) in [5, 5.41) is 9.73. The summed E-state index contributed by atoms with van der Waals surface area (Å²) >= 11 is 7.88. The molecular weight excluding hydrogens is 256 g/mol. The number of thioether (sulfide) groups is 1. The molecule has 1 aromatic carbocycles. The molecule has 92 valence electrons. The van der Waals surface area contributed by atoms with Gasteiger partial charge in [-0.05, 0) is 48.6 Å². The zero-order valence-electron chi connectivity index (χ0n) is 9.65. The highest BCUT2D eigenvalue weighted by Gasteiger charge is 2.35. The number of hydrogen-bond donors (Lipinski definition) is 1. The van der Waals surface area contributed by atoms with E-state index in [9.17, 15) is 4.79 Å². The fraction of sp³-hybridized carbons (Fsp3) is 0.462. The molecule has 1 fully saturated rings. The van der Waals surface area contributed by atoms with Crippen LogP contribution in [-0.2, 0) is 4.79 Å². The van der Waals surface area contributed by atoms with Crippen molar-refractivity contribution in [3.63, 3.8) is 0 Å². The molecule has 1 aromatic rings. The lowest BCUT2D eigenvalue weighted by atomic mass is 9.91. The van der Waals surface area contributed by atoms with Crippen LogP contribution in [0.1, 0.15) is 30.7 Å². The monoisotopic (exact) mass is 270 g/mol. The number of carboxylic acid groups (broad SMARTS) is 1. The first-order chi connectivity index (χ1) is 8.13. The van der Waals surface area contributed by atoms with Crippen molar-refractivity contribution in [2.75, 3.05) is 6.26 Å². The third-order valence-corrected chi connectivity index (χ3v) is 4.31. The van der Waals surface area contributed by atoms with Gasteiger partial charge in [0.25, 0.3) is 0 Å². The average Bonchev–Trinajstić information content (AvgIpc) is 3.09. The molecule has 0 spiro atoms. The molecule has 1 N–H and O–H groups in total. The molecule has 1 saturated carbocycles. The molecule has 0 heterocycles. The predicted octanol–water partition coefficient (Wildman–Crippen LogP) is 4.03. The molecule has 17 heavy (non-hydrogen) atoms. The van der Waals surface area contributed by atoms with Crippen LogP contribution in [0.25, 0.3) is 0 Å². The van der Waals surface area contributed by atoms with E-state index in [1.807, 2.05) is 24.5 Å². The number of rotatable bonds is 5. The number of halogens is 1. The number of hydrogen-bond acceptors (Lipinski definition) is 2. The van der Waals surface area contributed by atoms with Crippen LogP contribution in [0.4, 0.5) is 0 Å². The maximum absolute atomic E-state index is 11.0. The van der Waals surface area contributed by atoms with Gasteiger partial charge in [-0.1, -0.05) is 17.7 Å². The summed E-state index contributed by atoms with van der Waals surface area (Å²) in [6.07, 6.45) is 4.43. The zero-order valence-corrected chi connectivity index (χ0v) is 11.2. The second kappa shape index (κ2) is 5.32. The minimum absolute atomic E-state index is 0.0728. The van der Waals surface area contributed by atoms with Crippen LogP contribution in [0.15, 0.2) is 23.1 Å². The molecule has 0 saturated heterocycles. The highest BCUT2D eigenvalue weighted by molar-refractivity contribution is 7.98. The topological polar surface area (TPSA) is 37.3 Å². The first-order valence-electron chi connectivity index (χ1n) is 5.67. The Morgan fingerprint density at radius 2 is 2.29 bits per heavy atom. The molecule has 0 aromatic heterocycles. The molecule has 0 aliphatic heterocycles. The van der Waals surface area contributed by atoms with Crippen molar-refractivity contribution >= 4 is 29.3 Å². The number of carbonyl (C=O) groups is 1. The van der Waals surface area contributed by atoms with Gasteiger partial charge in [-0.3, -0.25) is 4.79 Å². The molecule has 2 rings (SSSR count). The Labute approximate surface area is 110 Å². The van der Waals surface area contributed by atoms with Crippen LogP contribution in [0, 0.1) is 5.92 Å². The van der Waals surface area contributed by atoms with E-state index >= 15 is 0 Å². The van der Waals surface area contributed by atoms with E-state index < -0.39 is 5.97 Å². The van der Waals surface area contributed by atoms with E-state index in [1.165, 1.54) is 0 Å². The van der Waals surface area contributed by atoms with Crippen LogP contribution in [0.5, 0.6) is 0 Å². The molecule has 0 amide bonds. The van der Waals surface area contributed by atoms with E-state index in [4.69, 9.17) is 16.7 Å². The minimum atomic E-state index is -0.742. The van der Waals surface area contributed by atoms with Crippen LogP contribution in [0.2, 0.25) is 5.02 Å². The lowest BCUT2D eigenvalue weighted by Crippen LogP contribution is -2.10. The van der Waals surface area contributed by atoms with Gasteiger partial charge in [-0.25, -0.2) is 0 Å². The summed E-state index contributed by atoms with van der Waals surface area (Å²) in [5.41, 5.74) is 1.03. The van der Waals surface area contributed by atoms with Gasteiger partial charge in [0, 0.05) is 9.92 Å². The van der Waals surface area contributed by atoms with Gasteiger partial charge in [-0.15, -0.1) is 11.8 Å². The smallest absolute Gasteiger partial charge is 0.303 e. The SMILES string of the molecule is CSc1cccc(Cl)c1C(CC(=O)O)C1CC1. The summed E-state index contributed by atoms with van der Waals surface area (Å²) in [6, 6.07) is 5.79. The van der Waals surface area contributed by atoms with Gasteiger partial charge in [0.05, 0.1) is 6.42 Å². The Kier molecular flexibility index (Phi) is 4.00. The summed E-state index contributed by atoms with van der Waals surface area (Å²) in [6.45, 7) is 0. The number of carboxylic acids is 1. The molecule has 0 bridgehead atoms. The fourth-order valence-electron chi connectivity index (χ4n) is 2.25. The van der Waals surface area contributed by atoms with E-state index in [2.05, 4.69) is 0 Å². The molecule has 1 unspecified atom stereocenters. The second-order valence-electron chi connectivity index (χ2n) is 4.40. The minimum Gasteiger partial charge on any atom is -0.481 e. The van der Waals surface area contributed by atoms with Crippen molar-refractivity contribution in [1.82, 2.24) is 0 Å². The van der Waals surface area contributed by atoms with Gasteiger partial charge in [0.2, 0.25) is 0 Å². The van der Waals surface area contributed by atoms with E-state index in [-0.39, 0.29) is 12.3 Å². The van der Waals surface area contributed by atoms with Crippen molar-refractivity contribution in [1.29, 1.82) is 0 Å². The maximum Gasteiger partial charge on any atom is 0.303 e. The first kappa shape index (κ1) is 12.8. The van der Waals surface area contributed by atoms with Crippen molar-refractivity contribution in [3.8, 4) is 0 Å². The predicted molar refractivity (Wildman–Crippen MR) is 71.0 cm³/mol. The molecule has 1 aliphatic rings. The Hall–Kier alpha value is -0.670.